The lowest BCUT2D eigenvalue weighted by molar-refractivity contribution is 0.211. The molecule has 86 valence electrons. The van der Waals surface area contributed by atoms with Gasteiger partial charge >= 0.3 is 0 Å². The van der Waals surface area contributed by atoms with Gasteiger partial charge in [0, 0.05) is 17.6 Å². The summed E-state index contributed by atoms with van der Waals surface area (Å²) in [4.78, 5) is 1.04. The molecule has 0 aliphatic rings. The largest absolute Gasteiger partial charge is 0.381 e. The van der Waals surface area contributed by atoms with Gasteiger partial charge in [-0.05, 0) is 36.4 Å². The Morgan fingerprint density at radius 3 is 2.94 bits per heavy atom. The molecule has 3 nitrogen and oxygen atoms in total. The van der Waals surface area contributed by atoms with Gasteiger partial charge in [-0.25, -0.2) is 0 Å². The van der Waals surface area contributed by atoms with Crippen molar-refractivity contribution < 1.29 is 5.11 Å². The van der Waals surface area contributed by atoms with Crippen LogP contribution in [-0.4, -0.2) is 14.9 Å². The highest BCUT2D eigenvalue weighted by Crippen LogP contribution is 2.29. The van der Waals surface area contributed by atoms with E-state index in [4.69, 9.17) is 0 Å². The van der Waals surface area contributed by atoms with Crippen molar-refractivity contribution in [3.05, 3.63) is 39.8 Å². The highest BCUT2D eigenvalue weighted by atomic mass is 32.1. The van der Waals surface area contributed by atoms with Crippen LogP contribution in [0.1, 0.15) is 36.1 Å². The Labute approximate surface area is 99.4 Å². The molecule has 16 heavy (non-hydrogen) atoms. The molecule has 1 atom stereocenters. The standard InChI is InChI=1S/C12H16N2OS/c1-3-9-6-8-16-12(9)11(15)10-5-7-13-14(10)4-2/h5-8,11,15H,3-4H2,1-2H3. The van der Waals surface area contributed by atoms with Gasteiger partial charge in [0.25, 0.3) is 0 Å². The Hall–Kier alpha value is -1.13. The van der Waals surface area contributed by atoms with E-state index in [2.05, 4.69) is 18.1 Å². The van der Waals surface area contributed by atoms with Crippen molar-refractivity contribution in [2.45, 2.75) is 32.9 Å². The van der Waals surface area contributed by atoms with Crippen molar-refractivity contribution in [3.63, 3.8) is 0 Å². The molecule has 0 aliphatic carbocycles. The number of aliphatic hydroxyl groups is 1. The second kappa shape index (κ2) is 4.80. The van der Waals surface area contributed by atoms with E-state index in [1.807, 2.05) is 23.1 Å². The van der Waals surface area contributed by atoms with Gasteiger partial charge in [-0.3, -0.25) is 4.68 Å². The van der Waals surface area contributed by atoms with Crippen LogP contribution >= 0.6 is 11.3 Å². The van der Waals surface area contributed by atoms with Crippen LogP contribution in [0.15, 0.2) is 23.7 Å². The van der Waals surface area contributed by atoms with Gasteiger partial charge < -0.3 is 5.11 Å². The van der Waals surface area contributed by atoms with Crippen LogP contribution in [0.5, 0.6) is 0 Å². The maximum absolute atomic E-state index is 10.3. The van der Waals surface area contributed by atoms with Crippen molar-refractivity contribution in [2.75, 3.05) is 0 Å². The fourth-order valence-corrected chi connectivity index (χ4v) is 2.85. The monoisotopic (exact) mass is 236 g/mol. The van der Waals surface area contributed by atoms with Crippen LogP contribution in [-0.2, 0) is 13.0 Å². The summed E-state index contributed by atoms with van der Waals surface area (Å²) >= 11 is 1.61. The van der Waals surface area contributed by atoms with E-state index >= 15 is 0 Å². The number of rotatable bonds is 4. The van der Waals surface area contributed by atoms with Gasteiger partial charge in [0.2, 0.25) is 0 Å². The van der Waals surface area contributed by atoms with Crippen LogP contribution in [0, 0.1) is 0 Å². The minimum atomic E-state index is -0.544. The van der Waals surface area contributed by atoms with Crippen LogP contribution < -0.4 is 0 Å². The van der Waals surface area contributed by atoms with Gasteiger partial charge in [-0.1, -0.05) is 6.92 Å². The molecule has 2 heterocycles. The van der Waals surface area contributed by atoms with E-state index < -0.39 is 6.10 Å². The highest BCUT2D eigenvalue weighted by Gasteiger charge is 2.18. The van der Waals surface area contributed by atoms with Gasteiger partial charge in [-0.2, -0.15) is 5.10 Å². The summed E-state index contributed by atoms with van der Waals surface area (Å²) < 4.78 is 1.84. The maximum atomic E-state index is 10.3. The van der Waals surface area contributed by atoms with Crippen LogP contribution in [0.2, 0.25) is 0 Å². The molecule has 2 rings (SSSR count). The predicted octanol–water partition coefficient (Wildman–Crippen LogP) is 2.61. The molecule has 0 saturated carbocycles. The number of aromatic nitrogens is 2. The smallest absolute Gasteiger partial charge is 0.130 e. The summed E-state index contributed by atoms with van der Waals surface area (Å²) in [7, 11) is 0. The third-order valence-corrected chi connectivity index (χ3v) is 3.75. The molecule has 0 radical (unpaired) electrons. The summed E-state index contributed by atoms with van der Waals surface area (Å²) in [5.41, 5.74) is 2.10. The first-order valence-corrected chi connectivity index (χ1v) is 6.41. The van der Waals surface area contributed by atoms with E-state index in [0.29, 0.717) is 0 Å². The number of nitrogens with zero attached hydrogens (tertiary/aromatic N) is 2. The molecule has 2 aromatic heterocycles. The van der Waals surface area contributed by atoms with Gasteiger partial charge in [-0.15, -0.1) is 11.3 Å². The van der Waals surface area contributed by atoms with Gasteiger partial charge in [0.1, 0.15) is 6.10 Å². The Bertz CT molecular complexity index is 419. The highest BCUT2D eigenvalue weighted by molar-refractivity contribution is 7.10. The van der Waals surface area contributed by atoms with Crippen molar-refractivity contribution in [3.8, 4) is 0 Å². The Balaban J connectivity index is 2.35. The third-order valence-electron chi connectivity index (χ3n) is 2.74. The lowest BCUT2D eigenvalue weighted by atomic mass is 10.1. The first-order valence-electron chi connectivity index (χ1n) is 5.54. The molecule has 0 aliphatic heterocycles. The zero-order chi connectivity index (χ0) is 11.5. The number of hydrogen-bond donors (Lipinski definition) is 1. The number of aryl methyl sites for hydroxylation is 2. The van der Waals surface area contributed by atoms with Crippen molar-refractivity contribution in [2.24, 2.45) is 0 Å². The quantitative estimate of drug-likeness (QED) is 0.886. The Kier molecular flexibility index (Phi) is 3.41. The maximum Gasteiger partial charge on any atom is 0.130 e. The summed E-state index contributed by atoms with van der Waals surface area (Å²) in [6.07, 6.45) is 2.15. The average molecular weight is 236 g/mol. The van der Waals surface area contributed by atoms with Crippen LogP contribution in [0.4, 0.5) is 0 Å². The van der Waals surface area contributed by atoms with E-state index in [1.54, 1.807) is 17.5 Å². The fraction of sp³-hybridized carbons (Fsp3) is 0.417. The minimum Gasteiger partial charge on any atom is -0.381 e. The normalized spacial score (nSPS) is 12.9. The first-order chi connectivity index (χ1) is 7.77. The van der Waals surface area contributed by atoms with Crippen molar-refractivity contribution >= 4 is 11.3 Å². The average Bonchev–Trinajstić information content (AvgIpc) is 2.96. The molecule has 0 saturated heterocycles. The third kappa shape index (κ3) is 1.90. The van der Waals surface area contributed by atoms with Crippen molar-refractivity contribution in [1.82, 2.24) is 9.78 Å². The van der Waals surface area contributed by atoms with Gasteiger partial charge in [0.05, 0.1) is 5.69 Å². The summed E-state index contributed by atoms with van der Waals surface area (Å²) in [5.74, 6) is 0. The van der Waals surface area contributed by atoms with E-state index in [-0.39, 0.29) is 0 Å². The SMILES string of the molecule is CCc1ccsc1C(O)c1ccnn1CC. The van der Waals surface area contributed by atoms with Crippen LogP contribution in [0.25, 0.3) is 0 Å². The zero-order valence-electron chi connectivity index (χ0n) is 9.55. The van der Waals surface area contributed by atoms with E-state index in [1.165, 1.54) is 5.56 Å². The van der Waals surface area contributed by atoms with Gasteiger partial charge in [0.15, 0.2) is 0 Å². The number of aliphatic hydroxyl groups excluding tert-OH is 1. The molecule has 1 N–H and O–H groups in total. The van der Waals surface area contributed by atoms with Crippen molar-refractivity contribution in [1.29, 1.82) is 0 Å². The molecule has 0 fully saturated rings. The molecule has 0 bridgehead atoms. The zero-order valence-corrected chi connectivity index (χ0v) is 10.4. The second-order valence-electron chi connectivity index (χ2n) is 3.64. The topological polar surface area (TPSA) is 38.1 Å². The molecule has 0 spiro atoms. The summed E-state index contributed by atoms with van der Waals surface area (Å²) in [6.45, 7) is 4.92. The second-order valence-corrected chi connectivity index (χ2v) is 4.59. The molecule has 2 aromatic rings. The molecule has 1 unspecified atom stereocenters. The van der Waals surface area contributed by atoms with Crippen LogP contribution in [0.3, 0.4) is 0 Å². The fourth-order valence-electron chi connectivity index (χ4n) is 1.85. The lowest BCUT2D eigenvalue weighted by Gasteiger charge is -2.12. The Morgan fingerprint density at radius 1 is 1.44 bits per heavy atom. The van der Waals surface area contributed by atoms with E-state index in [0.717, 1.165) is 23.5 Å². The first kappa shape index (κ1) is 11.4. The number of thiophene rings is 1. The molecule has 0 aromatic carbocycles. The van der Waals surface area contributed by atoms with E-state index in [9.17, 15) is 5.11 Å². The predicted molar refractivity (Wildman–Crippen MR) is 65.7 cm³/mol. The lowest BCUT2D eigenvalue weighted by Crippen LogP contribution is -2.09. The molecular weight excluding hydrogens is 220 g/mol. The minimum absolute atomic E-state index is 0.544. The summed E-state index contributed by atoms with van der Waals surface area (Å²) in [5, 5.41) is 16.6. The summed E-state index contributed by atoms with van der Waals surface area (Å²) in [6, 6.07) is 3.96. The number of hydrogen-bond acceptors (Lipinski definition) is 3. The molecule has 0 amide bonds. The molecule has 4 heteroatoms. The molecular formula is C12H16N2OS. The Morgan fingerprint density at radius 2 is 2.25 bits per heavy atom.